The number of nitrogens with zero attached hydrogens (tertiary/aromatic N) is 3. The molecule has 0 aliphatic carbocycles. The molecular formula is C13H17N5O. The molecule has 1 atom stereocenters. The SMILES string of the molecule is CC(Cn1ccnc1)NC(=O)c1ccc(CN)cn1. The summed E-state index contributed by atoms with van der Waals surface area (Å²) < 4.78 is 1.91. The molecule has 100 valence electrons. The van der Waals surface area contributed by atoms with Crippen molar-refractivity contribution in [3.63, 3.8) is 0 Å². The number of hydrogen-bond donors (Lipinski definition) is 2. The summed E-state index contributed by atoms with van der Waals surface area (Å²) in [6.45, 7) is 3.03. The molecule has 2 aromatic rings. The molecule has 0 aliphatic heterocycles. The molecule has 6 heteroatoms. The van der Waals surface area contributed by atoms with Crippen LogP contribution < -0.4 is 11.1 Å². The number of nitrogens with two attached hydrogens (primary N) is 1. The van der Waals surface area contributed by atoms with Gasteiger partial charge in [-0.1, -0.05) is 6.07 Å². The molecule has 0 aromatic carbocycles. The van der Waals surface area contributed by atoms with Crippen LogP contribution >= 0.6 is 0 Å². The summed E-state index contributed by atoms with van der Waals surface area (Å²) in [6, 6.07) is 3.49. The lowest BCUT2D eigenvalue weighted by Gasteiger charge is -2.14. The number of amides is 1. The number of imidazole rings is 1. The van der Waals surface area contributed by atoms with Gasteiger partial charge < -0.3 is 15.6 Å². The molecule has 3 N–H and O–H groups in total. The number of pyridine rings is 1. The lowest BCUT2D eigenvalue weighted by Crippen LogP contribution is -2.35. The van der Waals surface area contributed by atoms with Crippen LogP contribution in [-0.2, 0) is 13.1 Å². The van der Waals surface area contributed by atoms with Gasteiger partial charge in [0.15, 0.2) is 0 Å². The lowest BCUT2D eigenvalue weighted by molar-refractivity contribution is 0.0931. The molecule has 6 nitrogen and oxygen atoms in total. The van der Waals surface area contributed by atoms with Crippen LogP contribution in [0.2, 0.25) is 0 Å². The number of nitrogens with one attached hydrogen (secondary N) is 1. The molecule has 1 amide bonds. The van der Waals surface area contributed by atoms with Crippen molar-refractivity contribution < 1.29 is 4.79 Å². The molecule has 0 spiro atoms. The zero-order valence-electron chi connectivity index (χ0n) is 10.8. The Hall–Kier alpha value is -2.21. The van der Waals surface area contributed by atoms with E-state index in [0.29, 0.717) is 18.8 Å². The van der Waals surface area contributed by atoms with E-state index >= 15 is 0 Å². The smallest absolute Gasteiger partial charge is 0.270 e. The summed E-state index contributed by atoms with van der Waals surface area (Å²) in [5, 5.41) is 2.89. The summed E-state index contributed by atoms with van der Waals surface area (Å²) in [4.78, 5) is 20.0. The minimum absolute atomic E-state index is 0.00214. The first-order chi connectivity index (χ1) is 9.19. The number of hydrogen-bond acceptors (Lipinski definition) is 4. The highest BCUT2D eigenvalue weighted by Crippen LogP contribution is 2.00. The molecule has 2 aromatic heterocycles. The average Bonchev–Trinajstić information content (AvgIpc) is 2.91. The minimum Gasteiger partial charge on any atom is -0.346 e. The monoisotopic (exact) mass is 259 g/mol. The molecule has 0 radical (unpaired) electrons. The third-order valence-electron chi connectivity index (χ3n) is 2.71. The van der Waals surface area contributed by atoms with Gasteiger partial charge in [0.1, 0.15) is 5.69 Å². The van der Waals surface area contributed by atoms with Crippen LogP contribution in [0.25, 0.3) is 0 Å². The highest BCUT2D eigenvalue weighted by Gasteiger charge is 2.11. The standard InChI is InChI=1S/C13H17N5O/c1-10(8-18-5-4-15-9-18)17-13(19)12-3-2-11(6-14)7-16-12/h2-5,7,9-10H,6,8,14H2,1H3,(H,17,19). The molecule has 2 heterocycles. The first-order valence-electron chi connectivity index (χ1n) is 6.10. The molecule has 0 aliphatic rings. The molecule has 19 heavy (non-hydrogen) atoms. The zero-order valence-corrected chi connectivity index (χ0v) is 10.8. The van der Waals surface area contributed by atoms with E-state index in [0.717, 1.165) is 5.56 Å². The van der Waals surface area contributed by atoms with Gasteiger partial charge in [-0.15, -0.1) is 0 Å². The fourth-order valence-electron chi connectivity index (χ4n) is 1.73. The van der Waals surface area contributed by atoms with Crippen molar-refractivity contribution in [2.75, 3.05) is 0 Å². The van der Waals surface area contributed by atoms with Crippen LogP contribution in [0.5, 0.6) is 0 Å². The largest absolute Gasteiger partial charge is 0.346 e. The molecule has 0 saturated heterocycles. The second-order valence-electron chi connectivity index (χ2n) is 4.39. The van der Waals surface area contributed by atoms with E-state index in [4.69, 9.17) is 5.73 Å². The topological polar surface area (TPSA) is 85.8 Å². The number of rotatable bonds is 5. The Balaban J connectivity index is 1.92. The van der Waals surface area contributed by atoms with E-state index in [-0.39, 0.29) is 11.9 Å². The number of carbonyl (C=O) groups is 1. The fraction of sp³-hybridized carbons (Fsp3) is 0.308. The Morgan fingerprint density at radius 1 is 1.53 bits per heavy atom. The Kier molecular flexibility index (Phi) is 4.25. The number of aromatic nitrogens is 3. The third kappa shape index (κ3) is 3.62. The van der Waals surface area contributed by atoms with Crippen LogP contribution in [0.3, 0.4) is 0 Å². The van der Waals surface area contributed by atoms with Crippen LogP contribution in [-0.4, -0.2) is 26.5 Å². The zero-order chi connectivity index (χ0) is 13.7. The first-order valence-corrected chi connectivity index (χ1v) is 6.10. The molecular weight excluding hydrogens is 242 g/mol. The second kappa shape index (κ2) is 6.10. The quantitative estimate of drug-likeness (QED) is 0.821. The van der Waals surface area contributed by atoms with E-state index in [2.05, 4.69) is 15.3 Å². The van der Waals surface area contributed by atoms with Crippen molar-refractivity contribution in [2.24, 2.45) is 5.73 Å². The van der Waals surface area contributed by atoms with E-state index < -0.39 is 0 Å². The summed E-state index contributed by atoms with van der Waals surface area (Å²) in [5.74, 6) is -0.184. The maximum absolute atomic E-state index is 12.0. The van der Waals surface area contributed by atoms with Gasteiger partial charge in [0.05, 0.1) is 6.33 Å². The average molecular weight is 259 g/mol. The van der Waals surface area contributed by atoms with Gasteiger partial charge in [0.2, 0.25) is 0 Å². The van der Waals surface area contributed by atoms with Crippen molar-refractivity contribution in [1.29, 1.82) is 0 Å². The van der Waals surface area contributed by atoms with Gasteiger partial charge in [0, 0.05) is 37.7 Å². The van der Waals surface area contributed by atoms with Crippen molar-refractivity contribution in [3.8, 4) is 0 Å². The van der Waals surface area contributed by atoms with Gasteiger partial charge in [-0.2, -0.15) is 0 Å². The first kappa shape index (κ1) is 13.2. The minimum atomic E-state index is -0.184. The Morgan fingerprint density at radius 2 is 2.37 bits per heavy atom. The normalized spacial score (nSPS) is 12.1. The van der Waals surface area contributed by atoms with Gasteiger partial charge in [-0.25, -0.2) is 4.98 Å². The van der Waals surface area contributed by atoms with Crippen LogP contribution in [0.4, 0.5) is 0 Å². The second-order valence-corrected chi connectivity index (χ2v) is 4.39. The highest BCUT2D eigenvalue weighted by molar-refractivity contribution is 5.92. The molecule has 0 saturated carbocycles. The van der Waals surface area contributed by atoms with Gasteiger partial charge in [-0.3, -0.25) is 9.78 Å². The highest BCUT2D eigenvalue weighted by atomic mass is 16.1. The molecule has 0 bridgehead atoms. The van der Waals surface area contributed by atoms with Crippen LogP contribution in [0, 0.1) is 0 Å². The molecule has 0 fully saturated rings. The Bertz CT molecular complexity index is 520. The van der Waals surface area contributed by atoms with E-state index in [9.17, 15) is 4.79 Å². The summed E-state index contributed by atoms with van der Waals surface area (Å²) in [5.41, 5.74) is 6.79. The van der Waals surface area contributed by atoms with E-state index in [1.165, 1.54) is 0 Å². The van der Waals surface area contributed by atoms with E-state index in [1.807, 2.05) is 23.8 Å². The van der Waals surface area contributed by atoms with Crippen molar-refractivity contribution in [2.45, 2.75) is 26.1 Å². The van der Waals surface area contributed by atoms with E-state index in [1.54, 1.807) is 24.8 Å². The Morgan fingerprint density at radius 3 is 2.95 bits per heavy atom. The maximum atomic E-state index is 12.0. The molecule has 2 rings (SSSR count). The van der Waals surface area contributed by atoms with Gasteiger partial charge >= 0.3 is 0 Å². The Labute approximate surface area is 111 Å². The maximum Gasteiger partial charge on any atom is 0.270 e. The summed E-state index contributed by atoms with van der Waals surface area (Å²) >= 11 is 0. The van der Waals surface area contributed by atoms with Crippen molar-refractivity contribution in [1.82, 2.24) is 19.9 Å². The summed E-state index contributed by atoms with van der Waals surface area (Å²) in [7, 11) is 0. The lowest BCUT2D eigenvalue weighted by atomic mass is 10.2. The van der Waals surface area contributed by atoms with Gasteiger partial charge in [0.25, 0.3) is 5.91 Å². The van der Waals surface area contributed by atoms with Gasteiger partial charge in [-0.05, 0) is 18.6 Å². The van der Waals surface area contributed by atoms with Crippen LogP contribution in [0.1, 0.15) is 23.0 Å². The third-order valence-corrected chi connectivity index (χ3v) is 2.71. The van der Waals surface area contributed by atoms with Crippen LogP contribution in [0.15, 0.2) is 37.1 Å². The van der Waals surface area contributed by atoms with Crippen molar-refractivity contribution in [3.05, 3.63) is 48.3 Å². The fourth-order valence-corrected chi connectivity index (χ4v) is 1.73. The number of carbonyl (C=O) groups excluding carboxylic acids is 1. The summed E-state index contributed by atoms with van der Waals surface area (Å²) in [6.07, 6.45) is 6.91. The predicted octanol–water partition coefficient (Wildman–Crippen LogP) is 0.555. The molecule has 1 unspecified atom stereocenters. The van der Waals surface area contributed by atoms with Crippen molar-refractivity contribution >= 4 is 5.91 Å². The predicted molar refractivity (Wildman–Crippen MR) is 71.3 cm³/mol.